The van der Waals surface area contributed by atoms with Gasteiger partial charge in [0.15, 0.2) is 0 Å². The highest BCUT2D eigenvalue weighted by molar-refractivity contribution is 5.86. The molecule has 0 saturated carbocycles. The van der Waals surface area contributed by atoms with Crippen molar-refractivity contribution in [2.24, 2.45) is 0 Å². The Morgan fingerprint density at radius 3 is 1.79 bits per heavy atom. The number of esters is 1. The van der Waals surface area contributed by atoms with Gasteiger partial charge in [-0.05, 0) is 26.9 Å². The first-order valence-electron chi connectivity index (χ1n) is 6.19. The van der Waals surface area contributed by atoms with E-state index >= 15 is 0 Å². The highest BCUT2D eigenvalue weighted by Crippen LogP contribution is 1.93. The summed E-state index contributed by atoms with van der Waals surface area (Å²) in [5.41, 5.74) is 0.634. The summed E-state index contributed by atoms with van der Waals surface area (Å²) < 4.78 is 4.96. The lowest BCUT2D eigenvalue weighted by Gasteiger charge is -2.17. The van der Waals surface area contributed by atoms with E-state index in [0.717, 1.165) is 19.6 Å². The van der Waals surface area contributed by atoms with E-state index in [1.165, 1.54) is 6.92 Å². The lowest BCUT2D eigenvalue weighted by molar-refractivity contribution is -0.139. The Labute approximate surface area is 115 Å². The molecule has 0 saturated heterocycles. The second-order valence-electron chi connectivity index (χ2n) is 4.03. The zero-order chi connectivity index (χ0) is 15.4. The van der Waals surface area contributed by atoms with Gasteiger partial charge in [-0.2, -0.15) is 0 Å². The number of carbonyl (C=O) groups is 2. The van der Waals surface area contributed by atoms with Gasteiger partial charge in [0.05, 0.1) is 0 Å². The average molecular weight is 271 g/mol. The van der Waals surface area contributed by atoms with Gasteiger partial charge in [0.2, 0.25) is 0 Å². The van der Waals surface area contributed by atoms with Crippen molar-refractivity contribution in [3.63, 3.8) is 0 Å². The standard InChI is InChI=1S/C10H19NO2.C4H6O2/c1-5-11(6-2)7-8-13-10(12)9(3)4;1-3(2)4(5)6/h3,5-8H2,1-2,4H3;1H2,2H3,(H,5,6). The van der Waals surface area contributed by atoms with E-state index in [9.17, 15) is 9.59 Å². The molecule has 0 rings (SSSR count). The van der Waals surface area contributed by atoms with Crippen LogP contribution in [0.1, 0.15) is 27.7 Å². The van der Waals surface area contributed by atoms with Gasteiger partial charge in [-0.3, -0.25) is 0 Å². The minimum atomic E-state index is -0.935. The fraction of sp³-hybridized carbons (Fsp3) is 0.571. The van der Waals surface area contributed by atoms with Crippen LogP contribution in [0.5, 0.6) is 0 Å². The number of rotatable bonds is 7. The van der Waals surface area contributed by atoms with Crippen molar-refractivity contribution >= 4 is 11.9 Å². The molecule has 0 spiro atoms. The molecule has 0 aliphatic rings. The Morgan fingerprint density at radius 2 is 1.53 bits per heavy atom. The lowest BCUT2D eigenvalue weighted by Crippen LogP contribution is -2.27. The summed E-state index contributed by atoms with van der Waals surface area (Å²) in [4.78, 5) is 22.8. The number of nitrogens with zero attached hydrogens (tertiary/aromatic N) is 1. The molecule has 0 unspecified atom stereocenters. The third-order valence-electron chi connectivity index (χ3n) is 2.25. The predicted octanol–water partition coefficient (Wildman–Crippen LogP) is 2.09. The molecule has 0 radical (unpaired) electrons. The number of carboxylic acid groups (broad SMARTS) is 1. The summed E-state index contributed by atoms with van der Waals surface area (Å²) in [6.07, 6.45) is 0. The molecule has 0 bridgehead atoms. The highest BCUT2D eigenvalue weighted by atomic mass is 16.5. The van der Waals surface area contributed by atoms with Crippen LogP contribution in [0.25, 0.3) is 0 Å². The van der Waals surface area contributed by atoms with Crippen LogP contribution >= 0.6 is 0 Å². The second kappa shape index (κ2) is 11.5. The first kappa shape index (κ1) is 19.7. The molecule has 0 aromatic carbocycles. The van der Waals surface area contributed by atoms with E-state index in [2.05, 4.69) is 31.9 Å². The maximum absolute atomic E-state index is 11.0. The van der Waals surface area contributed by atoms with E-state index in [1.54, 1.807) is 6.92 Å². The molecule has 5 heteroatoms. The van der Waals surface area contributed by atoms with E-state index in [4.69, 9.17) is 9.84 Å². The van der Waals surface area contributed by atoms with E-state index in [-0.39, 0.29) is 11.5 Å². The smallest absolute Gasteiger partial charge is 0.333 e. The lowest BCUT2D eigenvalue weighted by atomic mass is 10.4. The van der Waals surface area contributed by atoms with Crippen molar-refractivity contribution in [1.82, 2.24) is 4.90 Å². The van der Waals surface area contributed by atoms with Gasteiger partial charge in [0.25, 0.3) is 0 Å². The summed E-state index contributed by atoms with van der Waals surface area (Å²) in [5.74, 6) is -1.23. The minimum absolute atomic E-state index is 0.176. The number of hydrogen-bond acceptors (Lipinski definition) is 4. The largest absolute Gasteiger partial charge is 0.478 e. The summed E-state index contributed by atoms with van der Waals surface area (Å²) in [5, 5.41) is 7.89. The maximum atomic E-state index is 11.0. The first-order valence-corrected chi connectivity index (χ1v) is 6.19. The molecule has 19 heavy (non-hydrogen) atoms. The van der Waals surface area contributed by atoms with Gasteiger partial charge < -0.3 is 14.7 Å². The zero-order valence-corrected chi connectivity index (χ0v) is 12.4. The fourth-order valence-electron chi connectivity index (χ4n) is 0.930. The quantitative estimate of drug-likeness (QED) is 0.567. The summed E-state index contributed by atoms with van der Waals surface area (Å²) in [6.45, 7) is 17.2. The van der Waals surface area contributed by atoms with Gasteiger partial charge in [-0.15, -0.1) is 0 Å². The SMILES string of the molecule is C=C(C)C(=O)O.C=C(C)C(=O)OCCN(CC)CC. The predicted molar refractivity (Wildman–Crippen MR) is 76.0 cm³/mol. The van der Waals surface area contributed by atoms with Crippen LogP contribution in [0.3, 0.4) is 0 Å². The van der Waals surface area contributed by atoms with Crippen LogP contribution in [0.15, 0.2) is 24.3 Å². The Hall–Kier alpha value is -1.62. The number of hydrogen-bond donors (Lipinski definition) is 1. The topological polar surface area (TPSA) is 66.8 Å². The van der Waals surface area contributed by atoms with Crippen LogP contribution in [0.2, 0.25) is 0 Å². The molecule has 0 aliphatic heterocycles. The van der Waals surface area contributed by atoms with Gasteiger partial charge in [0, 0.05) is 17.7 Å². The van der Waals surface area contributed by atoms with Crippen molar-refractivity contribution < 1.29 is 19.4 Å². The molecule has 0 fully saturated rings. The molecule has 0 atom stereocenters. The molecular weight excluding hydrogens is 246 g/mol. The molecule has 0 aromatic heterocycles. The van der Waals surface area contributed by atoms with E-state index in [0.29, 0.717) is 12.2 Å². The Morgan fingerprint density at radius 1 is 1.11 bits per heavy atom. The highest BCUT2D eigenvalue weighted by Gasteiger charge is 2.04. The van der Waals surface area contributed by atoms with Crippen molar-refractivity contribution in [2.45, 2.75) is 27.7 Å². The molecule has 0 amide bonds. The second-order valence-corrected chi connectivity index (χ2v) is 4.03. The van der Waals surface area contributed by atoms with Crippen LogP contribution < -0.4 is 0 Å². The normalized spacial score (nSPS) is 9.32. The van der Waals surface area contributed by atoms with E-state index in [1.807, 2.05) is 0 Å². The molecule has 0 aromatic rings. The molecule has 5 nitrogen and oxygen atoms in total. The van der Waals surface area contributed by atoms with Gasteiger partial charge in [-0.1, -0.05) is 27.0 Å². The van der Waals surface area contributed by atoms with Crippen molar-refractivity contribution in [2.75, 3.05) is 26.2 Å². The number of aliphatic carboxylic acids is 1. The number of carbonyl (C=O) groups excluding carboxylic acids is 1. The van der Waals surface area contributed by atoms with Crippen LogP contribution in [-0.4, -0.2) is 48.2 Å². The number of likely N-dealkylation sites (N-methyl/N-ethyl adjacent to an activating group) is 1. The zero-order valence-electron chi connectivity index (χ0n) is 12.4. The molecule has 1 N–H and O–H groups in total. The van der Waals surface area contributed by atoms with Crippen LogP contribution in [-0.2, 0) is 14.3 Å². The monoisotopic (exact) mass is 271 g/mol. The molecular formula is C14H25NO4. The van der Waals surface area contributed by atoms with Crippen molar-refractivity contribution in [1.29, 1.82) is 0 Å². The van der Waals surface area contributed by atoms with Gasteiger partial charge >= 0.3 is 11.9 Å². The fourth-order valence-corrected chi connectivity index (χ4v) is 0.930. The number of ether oxygens (including phenoxy) is 1. The van der Waals surface area contributed by atoms with Crippen molar-refractivity contribution in [3.05, 3.63) is 24.3 Å². The maximum Gasteiger partial charge on any atom is 0.333 e. The summed E-state index contributed by atoms with van der Waals surface area (Å²) in [7, 11) is 0. The number of carboxylic acids is 1. The van der Waals surface area contributed by atoms with Crippen LogP contribution in [0, 0.1) is 0 Å². The van der Waals surface area contributed by atoms with Crippen LogP contribution in [0.4, 0.5) is 0 Å². The third kappa shape index (κ3) is 12.6. The molecule has 110 valence electrons. The Balaban J connectivity index is 0. The van der Waals surface area contributed by atoms with Gasteiger partial charge in [0.1, 0.15) is 6.61 Å². The van der Waals surface area contributed by atoms with Crippen molar-refractivity contribution in [3.8, 4) is 0 Å². The molecule has 0 heterocycles. The summed E-state index contributed by atoms with van der Waals surface area (Å²) >= 11 is 0. The third-order valence-corrected chi connectivity index (χ3v) is 2.25. The Bertz CT molecular complexity index is 307. The average Bonchev–Trinajstić information content (AvgIpc) is 2.34. The van der Waals surface area contributed by atoms with Gasteiger partial charge in [-0.25, -0.2) is 9.59 Å². The summed E-state index contributed by atoms with van der Waals surface area (Å²) in [6, 6.07) is 0. The Kier molecular flexibility index (Phi) is 11.9. The van der Waals surface area contributed by atoms with E-state index < -0.39 is 5.97 Å². The minimum Gasteiger partial charge on any atom is -0.478 e. The first-order chi connectivity index (χ1) is 8.76. The molecule has 0 aliphatic carbocycles.